The normalized spacial score (nSPS) is 17.9. The molecule has 212 valence electrons. The third-order valence-corrected chi connectivity index (χ3v) is 7.10. The van der Waals surface area contributed by atoms with E-state index in [2.05, 4.69) is 34.2 Å². The van der Waals surface area contributed by atoms with Gasteiger partial charge in [-0.1, -0.05) is 24.3 Å². The molecule has 0 radical (unpaired) electrons. The maximum atomic E-state index is 14.0. The van der Waals surface area contributed by atoms with Crippen molar-refractivity contribution in [2.75, 3.05) is 50.7 Å². The van der Waals surface area contributed by atoms with Crippen LogP contribution >= 0.6 is 0 Å². The van der Waals surface area contributed by atoms with Crippen LogP contribution in [0.5, 0.6) is 5.75 Å². The van der Waals surface area contributed by atoms with Crippen LogP contribution in [-0.4, -0.2) is 79.4 Å². The number of amides is 3. The Morgan fingerprint density at radius 2 is 1.60 bits per heavy atom. The molecule has 8 nitrogen and oxygen atoms in total. The van der Waals surface area contributed by atoms with Gasteiger partial charge in [-0.25, -0.2) is 4.39 Å². The average molecular weight is 673 g/mol. The summed E-state index contributed by atoms with van der Waals surface area (Å²) in [5.74, 6) is 0.635. The fourth-order valence-electron chi connectivity index (χ4n) is 4.94. The van der Waals surface area contributed by atoms with Gasteiger partial charge in [-0.2, -0.15) is 0 Å². The summed E-state index contributed by atoms with van der Waals surface area (Å²) in [7, 11) is 0. The van der Waals surface area contributed by atoms with E-state index in [1.165, 1.54) is 11.6 Å². The molecule has 2 aromatic carbocycles. The number of halogens is 1. The van der Waals surface area contributed by atoms with Gasteiger partial charge in [0.2, 0.25) is 17.7 Å². The Kier molecular flexibility index (Phi) is 15.2. The Morgan fingerprint density at radius 3 is 2.17 bits per heavy atom. The molecule has 5 rings (SSSR count). The van der Waals surface area contributed by atoms with Crippen molar-refractivity contribution in [2.45, 2.75) is 45.1 Å². The number of likely N-dealkylation sites (tertiary alicyclic amines) is 1. The SMILES string of the molecule is Cc1cccc(OC2CCN(C(=O)CN3CCN(c4ccccc4F)CC3)CC2)c1.O=C1CCCC(=O)N1.[CH3-].[Cs+]. The minimum Gasteiger partial charge on any atom is -0.490 e. The molecule has 0 unspecified atom stereocenters. The first kappa shape index (κ1) is 34.8. The van der Waals surface area contributed by atoms with E-state index in [0.29, 0.717) is 31.5 Å². The molecule has 0 saturated carbocycles. The quantitative estimate of drug-likeness (QED) is 0.371. The zero-order valence-corrected chi connectivity index (χ0v) is 30.3. The molecule has 3 saturated heterocycles. The molecule has 3 amide bonds. The molecule has 10 heteroatoms. The Bertz CT molecular complexity index is 1100. The van der Waals surface area contributed by atoms with Crippen molar-refractivity contribution in [3.8, 4) is 5.75 Å². The first-order valence-electron chi connectivity index (χ1n) is 13.4. The number of carbonyl (C=O) groups is 3. The number of piperidine rings is 2. The summed E-state index contributed by atoms with van der Waals surface area (Å²) in [6.07, 6.45) is 3.61. The number of imide groups is 1. The maximum Gasteiger partial charge on any atom is 1.00 e. The minimum absolute atomic E-state index is 0. The molecule has 0 bridgehead atoms. The summed E-state index contributed by atoms with van der Waals surface area (Å²) >= 11 is 0. The molecule has 3 fully saturated rings. The van der Waals surface area contributed by atoms with Crippen LogP contribution in [0.15, 0.2) is 48.5 Å². The van der Waals surface area contributed by atoms with Gasteiger partial charge in [0.15, 0.2) is 0 Å². The van der Waals surface area contributed by atoms with Crippen molar-refractivity contribution in [1.29, 1.82) is 0 Å². The van der Waals surface area contributed by atoms with E-state index in [9.17, 15) is 18.8 Å². The van der Waals surface area contributed by atoms with Crippen molar-refractivity contribution < 1.29 is 92.4 Å². The molecular weight excluding hydrogens is 632 g/mol. The van der Waals surface area contributed by atoms with E-state index in [0.717, 1.165) is 57.9 Å². The van der Waals surface area contributed by atoms with Crippen LogP contribution in [0, 0.1) is 20.2 Å². The molecule has 3 aliphatic heterocycles. The van der Waals surface area contributed by atoms with Gasteiger partial charge in [0.25, 0.3) is 0 Å². The van der Waals surface area contributed by atoms with Gasteiger partial charge in [-0.05, 0) is 43.2 Å². The van der Waals surface area contributed by atoms with Gasteiger partial charge < -0.3 is 22.0 Å². The number of para-hydroxylation sites is 1. The molecule has 0 spiro atoms. The molecule has 0 atom stereocenters. The molecule has 40 heavy (non-hydrogen) atoms. The summed E-state index contributed by atoms with van der Waals surface area (Å²) < 4.78 is 20.1. The van der Waals surface area contributed by atoms with E-state index < -0.39 is 0 Å². The van der Waals surface area contributed by atoms with Crippen molar-refractivity contribution in [3.63, 3.8) is 0 Å². The van der Waals surface area contributed by atoms with Gasteiger partial charge in [0.1, 0.15) is 17.7 Å². The van der Waals surface area contributed by atoms with Crippen LogP contribution in [-0.2, 0) is 14.4 Å². The number of hydrogen-bond donors (Lipinski definition) is 1. The third kappa shape index (κ3) is 10.8. The molecular formula is C30H40CsFN4O4. The number of nitrogens with zero attached hydrogens (tertiary/aromatic N) is 3. The van der Waals surface area contributed by atoms with E-state index in [1.54, 1.807) is 6.07 Å². The van der Waals surface area contributed by atoms with Crippen molar-refractivity contribution >= 4 is 23.4 Å². The molecule has 2 aromatic rings. The standard InChI is InChI=1S/C24H30FN3O2.C5H7NO2.CH3.Cs/c1-19-5-4-6-21(17-19)30-20-9-11-28(12-10-20)24(29)18-26-13-15-27(16-14-26)23-8-3-2-7-22(23)25;7-4-2-1-3-5(8)6-4;;/h2-8,17,20H,9-16,18H2,1H3;1-3H2,(H,6,7,8);1H3;/q;;-1;+1. The van der Waals surface area contributed by atoms with Gasteiger partial charge in [0.05, 0.1) is 12.2 Å². The average Bonchev–Trinajstić information content (AvgIpc) is 2.90. The van der Waals surface area contributed by atoms with E-state index in [-0.39, 0.29) is 106 Å². The minimum atomic E-state index is -0.183. The van der Waals surface area contributed by atoms with Gasteiger partial charge >= 0.3 is 68.9 Å². The maximum absolute atomic E-state index is 14.0. The predicted molar refractivity (Wildman–Crippen MR) is 150 cm³/mol. The second kappa shape index (κ2) is 17.5. The van der Waals surface area contributed by atoms with E-state index >= 15 is 0 Å². The number of carbonyl (C=O) groups excluding carboxylic acids is 3. The second-order valence-corrected chi connectivity index (χ2v) is 10.1. The largest absolute Gasteiger partial charge is 1.00 e. The van der Waals surface area contributed by atoms with Gasteiger partial charge in [0, 0.05) is 65.0 Å². The topological polar surface area (TPSA) is 82.2 Å². The number of aryl methyl sites for hydroxylation is 1. The summed E-state index contributed by atoms with van der Waals surface area (Å²) in [6.45, 7) is 7.00. The summed E-state index contributed by atoms with van der Waals surface area (Å²) in [5, 5.41) is 2.20. The Balaban J connectivity index is 0.000000485. The molecule has 0 aromatic heterocycles. The number of anilines is 1. The number of rotatable bonds is 5. The number of ether oxygens (including phenoxy) is 1. The zero-order valence-electron chi connectivity index (χ0n) is 24.0. The fraction of sp³-hybridized carbons (Fsp3) is 0.467. The van der Waals surface area contributed by atoms with Crippen molar-refractivity contribution in [3.05, 3.63) is 67.3 Å². The Labute approximate surface area is 296 Å². The van der Waals surface area contributed by atoms with Gasteiger partial charge in [-0.3, -0.25) is 24.6 Å². The Morgan fingerprint density at radius 1 is 0.950 bits per heavy atom. The smallest absolute Gasteiger partial charge is 0.490 e. The fourth-order valence-corrected chi connectivity index (χ4v) is 4.94. The van der Waals surface area contributed by atoms with E-state index in [4.69, 9.17) is 4.74 Å². The molecule has 3 aliphatic rings. The Hall–Kier alpha value is -1.41. The second-order valence-electron chi connectivity index (χ2n) is 10.1. The molecule has 0 aliphatic carbocycles. The monoisotopic (exact) mass is 672 g/mol. The number of benzene rings is 2. The van der Waals surface area contributed by atoms with Crippen LogP contribution < -0.4 is 83.8 Å². The summed E-state index contributed by atoms with van der Waals surface area (Å²) in [6, 6.07) is 15.0. The number of piperazine rings is 1. The summed E-state index contributed by atoms with van der Waals surface area (Å²) in [5.41, 5.74) is 1.84. The third-order valence-electron chi connectivity index (χ3n) is 7.10. The van der Waals surface area contributed by atoms with Crippen LogP contribution in [0.2, 0.25) is 0 Å². The van der Waals surface area contributed by atoms with Gasteiger partial charge in [-0.15, -0.1) is 0 Å². The first-order valence-corrected chi connectivity index (χ1v) is 13.4. The summed E-state index contributed by atoms with van der Waals surface area (Å²) in [4.78, 5) is 39.6. The van der Waals surface area contributed by atoms with Crippen LogP contribution in [0.4, 0.5) is 10.1 Å². The number of nitrogens with one attached hydrogen (secondary N) is 1. The van der Waals surface area contributed by atoms with Crippen LogP contribution in [0.25, 0.3) is 0 Å². The number of hydrogen-bond acceptors (Lipinski definition) is 6. The predicted octanol–water partition coefficient (Wildman–Crippen LogP) is 0.594. The van der Waals surface area contributed by atoms with E-state index in [1.807, 2.05) is 29.2 Å². The van der Waals surface area contributed by atoms with Crippen molar-refractivity contribution in [1.82, 2.24) is 15.1 Å². The van der Waals surface area contributed by atoms with Crippen LogP contribution in [0.1, 0.15) is 37.7 Å². The zero-order chi connectivity index (χ0) is 26.9. The van der Waals surface area contributed by atoms with Crippen LogP contribution in [0.3, 0.4) is 0 Å². The van der Waals surface area contributed by atoms with Crippen molar-refractivity contribution in [2.24, 2.45) is 0 Å². The molecule has 1 N–H and O–H groups in total. The molecule has 3 heterocycles. The first-order chi connectivity index (χ1) is 18.4.